The van der Waals surface area contributed by atoms with Crippen LogP contribution in [0.4, 0.5) is 0 Å². The fourth-order valence-electron chi connectivity index (χ4n) is 0.586. The van der Waals surface area contributed by atoms with Crippen LogP contribution in [-0.2, 0) is 0 Å². The van der Waals surface area contributed by atoms with Crippen molar-refractivity contribution in [2.75, 3.05) is 0 Å². The average molecular weight is 118 g/mol. The minimum absolute atomic E-state index is 0.448. The maximum absolute atomic E-state index is 7.22. The van der Waals surface area contributed by atoms with Gasteiger partial charge in [0, 0.05) is 11.8 Å². The molecule has 2 N–H and O–H groups in total. The number of hydrogen-bond acceptors (Lipinski definition) is 2. The lowest BCUT2D eigenvalue weighted by atomic mass is 10.1. The molecule has 2 heteroatoms. The van der Waals surface area contributed by atoms with Crippen LogP contribution in [0.15, 0.2) is 11.6 Å². The van der Waals surface area contributed by atoms with Gasteiger partial charge in [-0.1, -0.05) is 11.8 Å². The third-order valence-corrected chi connectivity index (χ3v) is 1.10. The highest BCUT2D eigenvalue weighted by molar-refractivity contribution is 6.15. The molecule has 0 heterocycles. The number of rotatable bonds is 1. The lowest BCUT2D eigenvalue weighted by molar-refractivity contribution is 1.39. The van der Waals surface area contributed by atoms with E-state index >= 15 is 0 Å². The molecule has 0 atom stereocenters. The first-order valence-corrected chi connectivity index (χ1v) is 2.61. The smallest absolute Gasteiger partial charge is 0.0527 e. The Morgan fingerprint density at radius 2 is 2.44 bits per heavy atom. The number of allylic oxidation sites excluding steroid dienone is 2. The third-order valence-electron chi connectivity index (χ3n) is 1.10. The number of nitrogens with one attached hydrogen (secondary N) is 2. The molecular formula is C7H6N2. The van der Waals surface area contributed by atoms with Crippen molar-refractivity contribution in [3.05, 3.63) is 11.6 Å². The lowest BCUT2D eigenvalue weighted by Crippen LogP contribution is -2.02. The highest BCUT2D eigenvalue weighted by Crippen LogP contribution is 1.99. The van der Waals surface area contributed by atoms with Gasteiger partial charge in [-0.25, -0.2) is 0 Å². The Morgan fingerprint density at radius 1 is 1.67 bits per heavy atom. The van der Waals surface area contributed by atoms with Crippen molar-refractivity contribution in [1.29, 1.82) is 10.8 Å². The van der Waals surface area contributed by atoms with Gasteiger partial charge in [0.25, 0.3) is 0 Å². The van der Waals surface area contributed by atoms with E-state index in [0.29, 0.717) is 17.7 Å². The molecule has 0 aromatic heterocycles. The van der Waals surface area contributed by atoms with E-state index in [0.717, 1.165) is 6.21 Å². The zero-order valence-corrected chi connectivity index (χ0v) is 4.86. The van der Waals surface area contributed by atoms with Crippen molar-refractivity contribution < 1.29 is 0 Å². The Kier molecular flexibility index (Phi) is 1.46. The molecule has 2 nitrogen and oxygen atoms in total. The van der Waals surface area contributed by atoms with Crippen LogP contribution in [0.25, 0.3) is 0 Å². The zero-order chi connectivity index (χ0) is 6.69. The minimum Gasteiger partial charge on any atom is -0.308 e. The Morgan fingerprint density at radius 3 is 2.89 bits per heavy atom. The largest absolute Gasteiger partial charge is 0.308 e. The summed E-state index contributed by atoms with van der Waals surface area (Å²) in [5, 5.41) is 14.0. The van der Waals surface area contributed by atoms with Gasteiger partial charge in [0.2, 0.25) is 0 Å². The van der Waals surface area contributed by atoms with Gasteiger partial charge in [-0.2, -0.15) is 0 Å². The molecule has 0 fully saturated rings. The van der Waals surface area contributed by atoms with E-state index in [2.05, 4.69) is 11.8 Å². The SMILES string of the molecule is N=CC1=CC#CCC1=N. The maximum atomic E-state index is 7.22. The predicted octanol–water partition coefficient (Wildman–Crippen LogP) is 0.989. The Labute approximate surface area is 53.6 Å². The van der Waals surface area contributed by atoms with Crippen LogP contribution in [-0.4, -0.2) is 11.9 Å². The molecule has 1 rings (SSSR count). The van der Waals surface area contributed by atoms with Crippen LogP contribution in [0.2, 0.25) is 0 Å². The van der Waals surface area contributed by atoms with E-state index in [-0.39, 0.29) is 0 Å². The fourth-order valence-corrected chi connectivity index (χ4v) is 0.586. The second kappa shape index (κ2) is 2.27. The van der Waals surface area contributed by atoms with Crippen molar-refractivity contribution in [2.24, 2.45) is 0 Å². The highest BCUT2D eigenvalue weighted by Gasteiger charge is 2.01. The molecule has 0 aliphatic heterocycles. The normalized spacial score (nSPS) is 15.6. The van der Waals surface area contributed by atoms with E-state index in [9.17, 15) is 0 Å². The maximum Gasteiger partial charge on any atom is 0.0527 e. The summed E-state index contributed by atoms with van der Waals surface area (Å²) in [5.74, 6) is 5.46. The van der Waals surface area contributed by atoms with E-state index in [1.807, 2.05) is 0 Å². The van der Waals surface area contributed by atoms with Crippen molar-refractivity contribution in [3.8, 4) is 11.8 Å². The molecule has 0 amide bonds. The summed E-state index contributed by atoms with van der Waals surface area (Å²) in [6, 6.07) is 0. The molecule has 0 aromatic rings. The summed E-state index contributed by atoms with van der Waals surface area (Å²) in [4.78, 5) is 0. The molecule has 1 aliphatic carbocycles. The van der Waals surface area contributed by atoms with Gasteiger partial charge in [0.05, 0.1) is 12.1 Å². The first-order valence-electron chi connectivity index (χ1n) is 2.61. The third kappa shape index (κ3) is 1.06. The Balaban J connectivity index is 2.93. The van der Waals surface area contributed by atoms with Gasteiger partial charge in [-0.15, -0.1) is 0 Å². The number of hydrogen-bond donors (Lipinski definition) is 2. The zero-order valence-electron chi connectivity index (χ0n) is 4.86. The van der Waals surface area contributed by atoms with Crippen LogP contribution in [0.1, 0.15) is 6.42 Å². The van der Waals surface area contributed by atoms with Crippen LogP contribution in [0.3, 0.4) is 0 Å². The van der Waals surface area contributed by atoms with Crippen LogP contribution >= 0.6 is 0 Å². The van der Waals surface area contributed by atoms with Crippen molar-refractivity contribution in [1.82, 2.24) is 0 Å². The summed E-state index contributed by atoms with van der Waals surface area (Å²) >= 11 is 0. The van der Waals surface area contributed by atoms with E-state index in [1.165, 1.54) is 0 Å². The van der Waals surface area contributed by atoms with E-state index in [1.54, 1.807) is 6.08 Å². The molecule has 0 saturated carbocycles. The van der Waals surface area contributed by atoms with Crippen LogP contribution < -0.4 is 0 Å². The van der Waals surface area contributed by atoms with Crippen LogP contribution in [0, 0.1) is 22.7 Å². The quantitative estimate of drug-likeness (QED) is 0.381. The first kappa shape index (κ1) is 5.77. The fraction of sp³-hybridized carbons (Fsp3) is 0.143. The monoisotopic (exact) mass is 118 g/mol. The minimum atomic E-state index is 0.448. The molecule has 0 bridgehead atoms. The molecule has 44 valence electrons. The van der Waals surface area contributed by atoms with Gasteiger partial charge in [-0.05, 0) is 6.08 Å². The topological polar surface area (TPSA) is 47.7 Å². The Hall–Kier alpha value is -1.36. The Bertz CT molecular complexity index is 237. The molecule has 1 aliphatic rings. The summed E-state index contributed by atoms with van der Waals surface area (Å²) in [6.45, 7) is 0. The van der Waals surface area contributed by atoms with Crippen LogP contribution in [0.5, 0.6) is 0 Å². The van der Waals surface area contributed by atoms with Gasteiger partial charge in [0.1, 0.15) is 0 Å². The van der Waals surface area contributed by atoms with E-state index < -0.39 is 0 Å². The summed E-state index contributed by atoms with van der Waals surface area (Å²) < 4.78 is 0. The molecule has 0 radical (unpaired) electrons. The molecule has 0 unspecified atom stereocenters. The summed E-state index contributed by atoms with van der Waals surface area (Å²) in [6.07, 6.45) is 3.25. The molecule has 0 saturated heterocycles. The molecule has 0 spiro atoms. The van der Waals surface area contributed by atoms with Crippen molar-refractivity contribution in [3.63, 3.8) is 0 Å². The lowest BCUT2D eigenvalue weighted by Gasteiger charge is -1.99. The second-order valence-electron chi connectivity index (χ2n) is 1.72. The van der Waals surface area contributed by atoms with Gasteiger partial charge >= 0.3 is 0 Å². The summed E-state index contributed by atoms with van der Waals surface area (Å²) in [5.41, 5.74) is 1.08. The molecule has 0 aromatic carbocycles. The second-order valence-corrected chi connectivity index (χ2v) is 1.72. The highest BCUT2D eigenvalue weighted by atomic mass is 14.4. The van der Waals surface area contributed by atoms with Crippen molar-refractivity contribution >= 4 is 11.9 Å². The predicted molar refractivity (Wildman–Crippen MR) is 37.0 cm³/mol. The van der Waals surface area contributed by atoms with Gasteiger partial charge < -0.3 is 10.8 Å². The standard InChI is InChI=1S/C7H6N2/c8-5-6-3-1-2-4-7(6)9/h3,5,8-9H,4H2. The van der Waals surface area contributed by atoms with Crippen molar-refractivity contribution in [2.45, 2.75) is 6.42 Å². The average Bonchev–Trinajstić information content (AvgIpc) is 1.89. The summed E-state index contributed by atoms with van der Waals surface area (Å²) in [7, 11) is 0. The van der Waals surface area contributed by atoms with Gasteiger partial charge in [-0.3, -0.25) is 0 Å². The first-order chi connectivity index (χ1) is 4.34. The van der Waals surface area contributed by atoms with Gasteiger partial charge in [0.15, 0.2) is 0 Å². The molecular weight excluding hydrogens is 112 g/mol. The molecule has 9 heavy (non-hydrogen) atoms. The van der Waals surface area contributed by atoms with E-state index in [4.69, 9.17) is 10.8 Å².